The van der Waals surface area contributed by atoms with Crippen LogP contribution >= 0.6 is 23.2 Å². The summed E-state index contributed by atoms with van der Waals surface area (Å²) >= 11 is 12.2. The van der Waals surface area contributed by atoms with E-state index in [0.717, 1.165) is 6.42 Å². The van der Waals surface area contributed by atoms with Crippen LogP contribution in [-0.4, -0.2) is 18.0 Å². The van der Waals surface area contributed by atoms with Crippen LogP contribution in [0, 0.1) is 0 Å². The molecule has 6 nitrogen and oxygen atoms in total. The molecule has 0 fully saturated rings. The van der Waals surface area contributed by atoms with Gasteiger partial charge in [-0.1, -0.05) is 30.1 Å². The first-order valence-corrected chi connectivity index (χ1v) is 10.1. The highest BCUT2D eigenvalue weighted by Crippen LogP contribution is 2.26. The largest absolute Gasteiger partial charge is 0.268 e. The molecule has 9 heteroatoms. The highest BCUT2D eigenvalue weighted by atomic mass is 35.5. The van der Waals surface area contributed by atoms with Crippen LogP contribution in [0.2, 0.25) is 10.0 Å². The molecular formula is C17H15Cl2N3O3S. The molecule has 3 rings (SSSR count). The summed E-state index contributed by atoms with van der Waals surface area (Å²) in [5, 5.41) is 6.05. The number of aromatic nitrogens is 2. The number of nitrogens with two attached hydrogens (primary N) is 1. The van der Waals surface area contributed by atoms with E-state index in [1.165, 1.54) is 34.9 Å². The monoisotopic (exact) mass is 411 g/mol. The van der Waals surface area contributed by atoms with Crippen LogP contribution in [0.4, 0.5) is 0 Å². The smallest absolute Gasteiger partial charge is 0.266 e. The number of sulfonamides is 1. The normalized spacial score (nSPS) is 11.8. The predicted molar refractivity (Wildman–Crippen MR) is 103 cm³/mol. The zero-order chi connectivity index (χ0) is 19.1. The van der Waals surface area contributed by atoms with Gasteiger partial charge >= 0.3 is 0 Å². The Morgan fingerprint density at radius 2 is 1.81 bits per heavy atom. The van der Waals surface area contributed by atoms with E-state index in [0.29, 0.717) is 33.5 Å². The van der Waals surface area contributed by atoms with Gasteiger partial charge in [0.25, 0.3) is 5.56 Å². The SMILES string of the molecule is CCCc1nc2c(Cl)cc(Cl)cc2c(=O)n1-c1ccc(S(N)(=O)=O)cc1. The van der Waals surface area contributed by atoms with Crippen LogP contribution in [0.25, 0.3) is 16.6 Å². The number of rotatable bonds is 4. The fourth-order valence-electron chi connectivity index (χ4n) is 2.70. The standard InChI is InChI=1S/C17H15Cl2N3O3S/c1-2-3-15-21-16-13(8-10(18)9-14(16)19)17(23)22(15)11-4-6-12(7-5-11)26(20,24)25/h4-9H,2-3H2,1H3,(H2,20,24,25). The zero-order valence-electron chi connectivity index (χ0n) is 13.7. The number of aryl methyl sites for hydroxylation is 1. The lowest BCUT2D eigenvalue weighted by molar-refractivity contribution is 0.598. The molecular weight excluding hydrogens is 397 g/mol. The molecule has 0 saturated carbocycles. The second kappa shape index (κ2) is 7.00. The van der Waals surface area contributed by atoms with Crippen LogP contribution in [0.3, 0.4) is 0 Å². The van der Waals surface area contributed by atoms with Crippen LogP contribution in [0.15, 0.2) is 46.1 Å². The molecule has 0 aliphatic heterocycles. The molecule has 2 aromatic carbocycles. The molecule has 0 amide bonds. The van der Waals surface area contributed by atoms with E-state index in [-0.39, 0.29) is 15.8 Å². The Hall–Kier alpha value is -1.93. The van der Waals surface area contributed by atoms with Crippen LogP contribution < -0.4 is 10.7 Å². The topological polar surface area (TPSA) is 95.0 Å². The van der Waals surface area contributed by atoms with E-state index >= 15 is 0 Å². The van der Waals surface area contributed by atoms with Gasteiger partial charge in [-0.05, 0) is 42.8 Å². The summed E-state index contributed by atoms with van der Waals surface area (Å²) in [4.78, 5) is 17.6. The minimum absolute atomic E-state index is 0.0359. The number of nitrogens with zero attached hydrogens (tertiary/aromatic N) is 2. The van der Waals surface area contributed by atoms with Crippen molar-refractivity contribution in [2.75, 3.05) is 0 Å². The third kappa shape index (κ3) is 3.48. The fourth-order valence-corrected chi connectivity index (χ4v) is 3.75. The van der Waals surface area contributed by atoms with Gasteiger partial charge in [-0.15, -0.1) is 0 Å². The molecule has 1 heterocycles. The minimum Gasteiger partial charge on any atom is -0.268 e. The van der Waals surface area contributed by atoms with E-state index in [2.05, 4.69) is 4.98 Å². The van der Waals surface area contributed by atoms with Crippen LogP contribution in [0.5, 0.6) is 0 Å². The third-order valence-corrected chi connectivity index (χ3v) is 5.29. The molecule has 0 unspecified atom stereocenters. The summed E-state index contributed by atoms with van der Waals surface area (Å²) in [6, 6.07) is 8.78. The van der Waals surface area contributed by atoms with Gasteiger partial charge in [-0.2, -0.15) is 0 Å². The Morgan fingerprint density at radius 3 is 2.38 bits per heavy atom. The average molecular weight is 412 g/mol. The summed E-state index contributed by atoms with van der Waals surface area (Å²) < 4.78 is 24.3. The Balaban J connectivity index is 2.32. The molecule has 0 spiro atoms. The van der Waals surface area contributed by atoms with Crippen LogP contribution in [0.1, 0.15) is 19.2 Å². The van der Waals surface area contributed by atoms with Crippen molar-refractivity contribution in [2.24, 2.45) is 5.14 Å². The molecule has 0 atom stereocenters. The number of benzene rings is 2. The van der Waals surface area contributed by atoms with Gasteiger partial charge in [-0.3, -0.25) is 9.36 Å². The van der Waals surface area contributed by atoms with Gasteiger partial charge in [0, 0.05) is 11.4 Å². The first-order chi connectivity index (χ1) is 12.2. The lowest BCUT2D eigenvalue weighted by Gasteiger charge is -2.14. The highest BCUT2D eigenvalue weighted by molar-refractivity contribution is 7.89. The Labute approximate surface area is 160 Å². The second-order valence-electron chi connectivity index (χ2n) is 5.74. The van der Waals surface area contributed by atoms with Gasteiger partial charge in [0.15, 0.2) is 0 Å². The number of fused-ring (bicyclic) bond motifs is 1. The summed E-state index contributed by atoms with van der Waals surface area (Å²) in [6.45, 7) is 1.97. The molecule has 2 N–H and O–H groups in total. The summed E-state index contributed by atoms with van der Waals surface area (Å²) in [6.07, 6.45) is 1.31. The molecule has 1 aromatic heterocycles. The van der Waals surface area contributed by atoms with E-state index in [9.17, 15) is 13.2 Å². The Morgan fingerprint density at radius 1 is 1.15 bits per heavy atom. The van der Waals surface area contributed by atoms with Crippen molar-refractivity contribution in [3.05, 3.63) is 62.6 Å². The van der Waals surface area contributed by atoms with Crippen molar-refractivity contribution in [1.82, 2.24) is 9.55 Å². The van der Waals surface area contributed by atoms with Crippen molar-refractivity contribution in [2.45, 2.75) is 24.7 Å². The average Bonchev–Trinajstić information content (AvgIpc) is 2.56. The van der Waals surface area contributed by atoms with E-state index in [1.54, 1.807) is 6.07 Å². The lowest BCUT2D eigenvalue weighted by atomic mass is 10.2. The first kappa shape index (κ1) is 18.8. The van der Waals surface area contributed by atoms with Gasteiger partial charge in [0.2, 0.25) is 10.0 Å². The summed E-state index contributed by atoms with van der Waals surface area (Å²) in [7, 11) is -3.82. The predicted octanol–water partition coefficient (Wildman–Crippen LogP) is 3.29. The second-order valence-corrected chi connectivity index (χ2v) is 8.15. The van der Waals surface area contributed by atoms with E-state index in [4.69, 9.17) is 28.3 Å². The van der Waals surface area contributed by atoms with Crippen molar-refractivity contribution in [1.29, 1.82) is 0 Å². The third-order valence-electron chi connectivity index (χ3n) is 3.86. The number of primary sulfonamides is 1. The van der Waals surface area contributed by atoms with Gasteiger partial charge < -0.3 is 0 Å². The van der Waals surface area contributed by atoms with Crippen LogP contribution in [-0.2, 0) is 16.4 Å². The number of halogens is 2. The molecule has 26 heavy (non-hydrogen) atoms. The van der Waals surface area contributed by atoms with Gasteiger partial charge in [-0.25, -0.2) is 18.5 Å². The van der Waals surface area contributed by atoms with Crippen molar-refractivity contribution < 1.29 is 8.42 Å². The molecule has 0 aliphatic rings. The quantitative estimate of drug-likeness (QED) is 0.712. The first-order valence-electron chi connectivity index (χ1n) is 7.76. The maximum atomic E-state index is 13.1. The molecule has 0 bridgehead atoms. The summed E-state index contributed by atoms with van der Waals surface area (Å²) in [5.41, 5.74) is 0.546. The maximum absolute atomic E-state index is 13.1. The summed E-state index contributed by atoms with van der Waals surface area (Å²) in [5.74, 6) is 0.526. The van der Waals surface area contributed by atoms with Crippen molar-refractivity contribution in [3.63, 3.8) is 0 Å². The lowest BCUT2D eigenvalue weighted by Crippen LogP contribution is -2.24. The number of hydrogen-bond acceptors (Lipinski definition) is 4. The van der Waals surface area contributed by atoms with Gasteiger partial charge in [0.05, 0.1) is 26.5 Å². The number of hydrogen-bond donors (Lipinski definition) is 1. The zero-order valence-corrected chi connectivity index (χ0v) is 16.1. The maximum Gasteiger partial charge on any atom is 0.266 e. The Bertz CT molecular complexity index is 1160. The van der Waals surface area contributed by atoms with Gasteiger partial charge in [0.1, 0.15) is 5.82 Å². The fraction of sp³-hybridized carbons (Fsp3) is 0.176. The van der Waals surface area contributed by atoms with E-state index in [1.807, 2.05) is 6.92 Å². The van der Waals surface area contributed by atoms with E-state index < -0.39 is 10.0 Å². The van der Waals surface area contributed by atoms with Crippen molar-refractivity contribution >= 4 is 44.1 Å². The Kier molecular flexibility index (Phi) is 5.07. The molecule has 0 radical (unpaired) electrons. The van der Waals surface area contributed by atoms with Crippen molar-refractivity contribution in [3.8, 4) is 5.69 Å². The molecule has 3 aromatic rings. The molecule has 0 saturated heterocycles. The minimum atomic E-state index is -3.82. The highest BCUT2D eigenvalue weighted by Gasteiger charge is 2.16. The molecule has 136 valence electrons. The molecule has 0 aliphatic carbocycles.